The fraction of sp³-hybridized carbons (Fsp3) is 0.900. The van der Waals surface area contributed by atoms with E-state index in [9.17, 15) is 4.79 Å². The van der Waals surface area contributed by atoms with E-state index in [2.05, 4.69) is 13.8 Å². The first-order chi connectivity index (χ1) is 5.20. The van der Waals surface area contributed by atoms with Crippen LogP contribution in [0.2, 0.25) is 0 Å². The lowest BCUT2D eigenvalue weighted by molar-refractivity contribution is -0.123. The molecule has 0 aromatic rings. The Labute approximate surface area is 69.2 Å². The highest BCUT2D eigenvalue weighted by Gasteiger charge is 2.18. The maximum atomic E-state index is 11.4. The molecule has 0 spiro atoms. The number of hydrogen-bond acceptors (Lipinski definition) is 1. The Kier molecular flexibility index (Phi) is 3.10. The summed E-state index contributed by atoms with van der Waals surface area (Å²) in [6.45, 7) is 4.26. The van der Waals surface area contributed by atoms with Crippen molar-refractivity contribution in [3.05, 3.63) is 0 Å². The predicted molar refractivity (Wildman–Crippen MR) is 46.4 cm³/mol. The Morgan fingerprint density at radius 1 is 1.18 bits per heavy atom. The minimum absolute atomic E-state index is 0.331. The van der Waals surface area contributed by atoms with Crippen molar-refractivity contribution < 1.29 is 4.79 Å². The molecule has 0 aromatic carbocycles. The molecule has 2 atom stereocenters. The van der Waals surface area contributed by atoms with Crippen LogP contribution in [0.4, 0.5) is 0 Å². The van der Waals surface area contributed by atoms with Crippen LogP contribution < -0.4 is 0 Å². The minimum Gasteiger partial charge on any atom is -0.299 e. The van der Waals surface area contributed by atoms with E-state index in [1.54, 1.807) is 0 Å². The normalized spacial score (nSPS) is 34.5. The van der Waals surface area contributed by atoms with Gasteiger partial charge in [0.05, 0.1) is 0 Å². The smallest absolute Gasteiger partial charge is 0.135 e. The van der Waals surface area contributed by atoms with Crippen molar-refractivity contribution in [1.82, 2.24) is 0 Å². The molecule has 0 aromatic heterocycles. The van der Waals surface area contributed by atoms with Crippen LogP contribution in [-0.4, -0.2) is 5.78 Å². The standard InChI is InChI=1S/C10H18O/c1-8-5-3-4-6-9(2)10(11)7-8/h8-9H,3-7H2,1-2H3/t8-,9-/m1/s1. The summed E-state index contributed by atoms with van der Waals surface area (Å²) in [5, 5.41) is 0. The van der Waals surface area contributed by atoms with Crippen LogP contribution in [0.15, 0.2) is 0 Å². The van der Waals surface area contributed by atoms with Gasteiger partial charge in [-0.2, -0.15) is 0 Å². The average molecular weight is 154 g/mol. The van der Waals surface area contributed by atoms with E-state index < -0.39 is 0 Å². The lowest BCUT2D eigenvalue weighted by Gasteiger charge is -2.18. The molecule has 1 aliphatic rings. The van der Waals surface area contributed by atoms with Crippen LogP contribution in [0.3, 0.4) is 0 Å². The van der Waals surface area contributed by atoms with Gasteiger partial charge in [-0.05, 0) is 12.3 Å². The van der Waals surface area contributed by atoms with Gasteiger partial charge in [-0.25, -0.2) is 0 Å². The first-order valence-electron chi connectivity index (χ1n) is 4.73. The molecule has 0 amide bonds. The van der Waals surface area contributed by atoms with E-state index in [1.807, 2.05) is 0 Å². The first kappa shape index (κ1) is 8.76. The van der Waals surface area contributed by atoms with E-state index in [4.69, 9.17) is 0 Å². The highest BCUT2D eigenvalue weighted by Crippen LogP contribution is 2.22. The molecule has 0 saturated heterocycles. The molecule has 0 unspecified atom stereocenters. The van der Waals surface area contributed by atoms with Crippen LogP contribution in [0.1, 0.15) is 46.0 Å². The number of hydrogen-bond donors (Lipinski definition) is 0. The minimum atomic E-state index is 0.331. The summed E-state index contributed by atoms with van der Waals surface area (Å²) in [6.07, 6.45) is 5.75. The Bertz CT molecular complexity index is 140. The molecule has 1 saturated carbocycles. The molecule has 1 rings (SSSR count). The van der Waals surface area contributed by atoms with E-state index >= 15 is 0 Å². The highest BCUT2D eigenvalue weighted by molar-refractivity contribution is 5.80. The van der Waals surface area contributed by atoms with Gasteiger partial charge in [0.15, 0.2) is 0 Å². The lowest BCUT2D eigenvalue weighted by Crippen LogP contribution is -2.16. The molecule has 0 radical (unpaired) electrons. The van der Waals surface area contributed by atoms with Gasteiger partial charge in [0.1, 0.15) is 5.78 Å². The molecule has 1 fully saturated rings. The second-order valence-electron chi connectivity index (χ2n) is 3.96. The number of Topliss-reactive ketones (excluding diaryl/α,β-unsaturated/α-hetero) is 1. The van der Waals surface area contributed by atoms with Crippen LogP contribution in [-0.2, 0) is 4.79 Å². The summed E-state index contributed by atoms with van der Waals surface area (Å²) in [4.78, 5) is 11.4. The van der Waals surface area contributed by atoms with Gasteiger partial charge < -0.3 is 0 Å². The van der Waals surface area contributed by atoms with E-state index in [0.29, 0.717) is 17.6 Å². The van der Waals surface area contributed by atoms with Crippen molar-refractivity contribution in [1.29, 1.82) is 0 Å². The van der Waals surface area contributed by atoms with Gasteiger partial charge in [0.2, 0.25) is 0 Å². The van der Waals surface area contributed by atoms with Crippen molar-refractivity contribution in [2.24, 2.45) is 11.8 Å². The van der Waals surface area contributed by atoms with Crippen molar-refractivity contribution in [2.75, 3.05) is 0 Å². The molecule has 11 heavy (non-hydrogen) atoms. The monoisotopic (exact) mass is 154 g/mol. The zero-order valence-corrected chi connectivity index (χ0v) is 7.60. The zero-order valence-electron chi connectivity index (χ0n) is 7.60. The Hall–Kier alpha value is -0.330. The van der Waals surface area contributed by atoms with Crippen LogP contribution in [0, 0.1) is 11.8 Å². The van der Waals surface area contributed by atoms with Crippen LogP contribution in [0.5, 0.6) is 0 Å². The second-order valence-corrected chi connectivity index (χ2v) is 3.96. The average Bonchev–Trinajstić information content (AvgIpc) is 1.95. The van der Waals surface area contributed by atoms with Gasteiger partial charge >= 0.3 is 0 Å². The summed E-state index contributed by atoms with van der Waals surface area (Å²) in [6, 6.07) is 0. The third-order valence-electron chi connectivity index (χ3n) is 2.68. The van der Waals surface area contributed by atoms with Gasteiger partial charge in [0, 0.05) is 12.3 Å². The molecule has 0 heterocycles. The number of carbonyl (C=O) groups excluding carboxylic acids is 1. The molecule has 1 heteroatoms. The summed E-state index contributed by atoms with van der Waals surface area (Å²) >= 11 is 0. The van der Waals surface area contributed by atoms with Crippen molar-refractivity contribution in [3.63, 3.8) is 0 Å². The van der Waals surface area contributed by atoms with Crippen molar-refractivity contribution >= 4 is 5.78 Å². The maximum absolute atomic E-state index is 11.4. The topological polar surface area (TPSA) is 17.1 Å². The molecule has 1 aliphatic carbocycles. The molecule has 64 valence electrons. The third kappa shape index (κ3) is 2.64. The molecule has 0 aliphatic heterocycles. The van der Waals surface area contributed by atoms with Gasteiger partial charge in [-0.1, -0.05) is 33.1 Å². The molecular formula is C10H18O. The quantitative estimate of drug-likeness (QED) is 0.524. The number of rotatable bonds is 0. The Balaban J connectivity index is 2.45. The van der Waals surface area contributed by atoms with Crippen LogP contribution >= 0.6 is 0 Å². The molecular weight excluding hydrogens is 136 g/mol. The Morgan fingerprint density at radius 3 is 2.55 bits per heavy atom. The summed E-state index contributed by atoms with van der Waals surface area (Å²) in [5.41, 5.74) is 0. The SMILES string of the molecule is C[C@@H]1CCCC[C@@H](C)C(=O)C1. The molecule has 0 N–H and O–H groups in total. The van der Waals surface area contributed by atoms with E-state index in [0.717, 1.165) is 12.8 Å². The number of carbonyl (C=O) groups is 1. The van der Waals surface area contributed by atoms with Crippen molar-refractivity contribution in [3.8, 4) is 0 Å². The lowest BCUT2D eigenvalue weighted by atomic mass is 9.86. The summed E-state index contributed by atoms with van der Waals surface area (Å²) in [5.74, 6) is 1.44. The maximum Gasteiger partial charge on any atom is 0.135 e. The second kappa shape index (κ2) is 3.89. The molecule has 0 bridgehead atoms. The number of ketones is 1. The van der Waals surface area contributed by atoms with Crippen LogP contribution in [0.25, 0.3) is 0 Å². The van der Waals surface area contributed by atoms with Gasteiger partial charge in [-0.15, -0.1) is 0 Å². The largest absolute Gasteiger partial charge is 0.299 e. The third-order valence-corrected chi connectivity index (χ3v) is 2.68. The predicted octanol–water partition coefficient (Wildman–Crippen LogP) is 2.79. The Morgan fingerprint density at radius 2 is 1.82 bits per heavy atom. The van der Waals surface area contributed by atoms with E-state index in [-0.39, 0.29) is 0 Å². The van der Waals surface area contributed by atoms with Gasteiger partial charge in [0.25, 0.3) is 0 Å². The summed E-state index contributed by atoms with van der Waals surface area (Å²) in [7, 11) is 0. The zero-order chi connectivity index (χ0) is 8.27. The highest BCUT2D eigenvalue weighted by atomic mass is 16.1. The molecule has 1 nitrogen and oxygen atoms in total. The fourth-order valence-electron chi connectivity index (χ4n) is 1.75. The van der Waals surface area contributed by atoms with E-state index in [1.165, 1.54) is 19.3 Å². The van der Waals surface area contributed by atoms with Gasteiger partial charge in [-0.3, -0.25) is 4.79 Å². The fourth-order valence-corrected chi connectivity index (χ4v) is 1.75. The van der Waals surface area contributed by atoms with Crippen molar-refractivity contribution in [2.45, 2.75) is 46.0 Å². The first-order valence-corrected chi connectivity index (χ1v) is 4.73. The summed E-state index contributed by atoms with van der Waals surface area (Å²) < 4.78 is 0.